The first-order valence-corrected chi connectivity index (χ1v) is 9.01. The van der Waals surface area contributed by atoms with Gasteiger partial charge in [0.05, 0.1) is 0 Å². The topological polar surface area (TPSA) is 4.93 Å². The second-order valence-electron chi connectivity index (χ2n) is 6.19. The molecule has 20 heavy (non-hydrogen) atoms. The lowest BCUT2D eigenvalue weighted by molar-refractivity contribution is 0.539. The fourth-order valence-corrected chi connectivity index (χ4v) is 2.76. The van der Waals surface area contributed by atoms with Crippen LogP contribution in [-0.2, 0) is 13.0 Å². The summed E-state index contributed by atoms with van der Waals surface area (Å²) in [5.74, 6) is 0. The Balaban J connectivity index is 1.94. The highest BCUT2D eigenvalue weighted by molar-refractivity contribution is 5.10. The van der Waals surface area contributed by atoms with Crippen molar-refractivity contribution in [3.8, 4) is 0 Å². The lowest BCUT2D eigenvalue weighted by Crippen LogP contribution is -1.94. The van der Waals surface area contributed by atoms with Crippen LogP contribution in [0.15, 0.2) is 18.5 Å². The quantitative estimate of drug-likeness (QED) is 0.370. The normalized spacial score (nSPS) is 11.1. The van der Waals surface area contributed by atoms with E-state index >= 15 is 0 Å². The van der Waals surface area contributed by atoms with Gasteiger partial charge in [0, 0.05) is 18.9 Å². The van der Waals surface area contributed by atoms with Crippen molar-refractivity contribution in [1.82, 2.24) is 4.57 Å². The molecule has 1 aromatic rings. The van der Waals surface area contributed by atoms with Gasteiger partial charge in [-0.05, 0) is 30.9 Å². The number of hydrogen-bond acceptors (Lipinski definition) is 0. The molecule has 0 amide bonds. The Labute approximate surface area is 126 Å². The molecule has 0 saturated carbocycles. The summed E-state index contributed by atoms with van der Waals surface area (Å²) < 4.78 is 2.38. The molecule has 1 heteroatoms. The molecule has 0 spiro atoms. The van der Waals surface area contributed by atoms with Crippen LogP contribution in [-0.4, -0.2) is 4.57 Å². The minimum atomic E-state index is 1.21. The average Bonchev–Trinajstić information content (AvgIpc) is 2.91. The first-order chi connectivity index (χ1) is 9.86. The maximum absolute atomic E-state index is 2.38. The highest BCUT2D eigenvalue weighted by Crippen LogP contribution is 2.11. The summed E-state index contributed by atoms with van der Waals surface area (Å²) >= 11 is 0. The van der Waals surface area contributed by atoms with Gasteiger partial charge in [-0.3, -0.25) is 0 Å². The van der Waals surface area contributed by atoms with Gasteiger partial charge in [-0.25, -0.2) is 0 Å². The third-order valence-electron chi connectivity index (χ3n) is 4.15. The van der Waals surface area contributed by atoms with Gasteiger partial charge in [-0.2, -0.15) is 0 Å². The summed E-state index contributed by atoms with van der Waals surface area (Å²) in [6, 6.07) is 2.30. The van der Waals surface area contributed by atoms with Gasteiger partial charge in [0.25, 0.3) is 0 Å². The predicted octanol–water partition coefficient (Wildman–Crippen LogP) is 6.36. The molecule has 0 unspecified atom stereocenters. The van der Waals surface area contributed by atoms with E-state index in [0.717, 1.165) is 0 Å². The van der Waals surface area contributed by atoms with Crippen molar-refractivity contribution in [3.05, 3.63) is 24.0 Å². The van der Waals surface area contributed by atoms with Crippen LogP contribution in [0.4, 0.5) is 0 Å². The second-order valence-corrected chi connectivity index (χ2v) is 6.19. The van der Waals surface area contributed by atoms with Gasteiger partial charge in [-0.1, -0.05) is 71.6 Å². The molecule has 0 fully saturated rings. The highest BCUT2D eigenvalue weighted by Gasteiger charge is 1.97. The zero-order chi connectivity index (χ0) is 14.5. The van der Waals surface area contributed by atoms with Crippen LogP contribution in [0.25, 0.3) is 0 Å². The number of rotatable bonds is 13. The molecule has 0 atom stereocenters. The van der Waals surface area contributed by atoms with Gasteiger partial charge in [0.1, 0.15) is 0 Å². The van der Waals surface area contributed by atoms with Gasteiger partial charge >= 0.3 is 0 Å². The van der Waals surface area contributed by atoms with Crippen LogP contribution in [0.2, 0.25) is 0 Å². The second kappa shape index (κ2) is 12.1. The van der Waals surface area contributed by atoms with Crippen molar-refractivity contribution in [3.63, 3.8) is 0 Å². The molecule has 0 aromatic carbocycles. The SMILES string of the molecule is CCCCCCCCCCCn1ccc(CCCC)c1. The molecule has 0 aliphatic carbocycles. The zero-order valence-electron chi connectivity index (χ0n) is 13.9. The number of aromatic nitrogens is 1. The van der Waals surface area contributed by atoms with E-state index < -0.39 is 0 Å². The predicted molar refractivity (Wildman–Crippen MR) is 90.3 cm³/mol. The maximum Gasteiger partial charge on any atom is 0.0219 e. The minimum absolute atomic E-state index is 1.21. The molecule has 1 rings (SSSR count). The molecule has 0 aliphatic rings. The van der Waals surface area contributed by atoms with Crippen molar-refractivity contribution >= 4 is 0 Å². The van der Waals surface area contributed by atoms with Crippen LogP contribution >= 0.6 is 0 Å². The number of nitrogens with zero attached hydrogens (tertiary/aromatic N) is 1. The van der Waals surface area contributed by atoms with Crippen LogP contribution in [0.3, 0.4) is 0 Å². The maximum atomic E-state index is 2.38. The van der Waals surface area contributed by atoms with E-state index in [4.69, 9.17) is 0 Å². The molecule has 1 heterocycles. The molecule has 116 valence electrons. The Morgan fingerprint density at radius 3 is 2.00 bits per heavy atom. The van der Waals surface area contributed by atoms with E-state index in [2.05, 4.69) is 36.9 Å². The van der Waals surface area contributed by atoms with Gasteiger partial charge < -0.3 is 4.57 Å². The summed E-state index contributed by atoms with van der Waals surface area (Å²) in [6.07, 6.45) is 21.2. The molecule has 0 N–H and O–H groups in total. The van der Waals surface area contributed by atoms with Gasteiger partial charge in [0.15, 0.2) is 0 Å². The largest absolute Gasteiger partial charge is 0.354 e. The van der Waals surface area contributed by atoms with E-state index in [9.17, 15) is 0 Å². The third kappa shape index (κ3) is 8.45. The zero-order valence-corrected chi connectivity index (χ0v) is 13.9. The van der Waals surface area contributed by atoms with Crippen molar-refractivity contribution in [1.29, 1.82) is 0 Å². The first kappa shape index (κ1) is 17.3. The summed E-state index contributed by atoms with van der Waals surface area (Å²) in [5, 5.41) is 0. The van der Waals surface area contributed by atoms with Gasteiger partial charge in [-0.15, -0.1) is 0 Å². The smallest absolute Gasteiger partial charge is 0.0219 e. The van der Waals surface area contributed by atoms with Crippen molar-refractivity contribution in [2.45, 2.75) is 97.4 Å². The Bertz CT molecular complexity index is 313. The minimum Gasteiger partial charge on any atom is -0.354 e. The molecular formula is C19H35N. The van der Waals surface area contributed by atoms with E-state index in [1.807, 2.05) is 0 Å². The van der Waals surface area contributed by atoms with E-state index in [-0.39, 0.29) is 0 Å². The fraction of sp³-hybridized carbons (Fsp3) is 0.789. The van der Waals surface area contributed by atoms with Crippen molar-refractivity contribution in [2.24, 2.45) is 0 Å². The molecule has 1 nitrogen and oxygen atoms in total. The summed E-state index contributed by atoms with van der Waals surface area (Å²) in [7, 11) is 0. The van der Waals surface area contributed by atoms with E-state index in [1.165, 1.54) is 89.2 Å². The Hall–Kier alpha value is -0.720. The van der Waals surface area contributed by atoms with Crippen LogP contribution in [0.5, 0.6) is 0 Å². The molecule has 1 aromatic heterocycles. The Kier molecular flexibility index (Phi) is 10.4. The number of aryl methyl sites for hydroxylation is 2. The van der Waals surface area contributed by atoms with Crippen molar-refractivity contribution in [2.75, 3.05) is 0 Å². The third-order valence-corrected chi connectivity index (χ3v) is 4.15. The summed E-state index contributed by atoms with van der Waals surface area (Å²) in [6.45, 7) is 5.76. The standard InChI is InChI=1S/C19H35N/c1-3-5-7-8-9-10-11-12-13-16-20-17-15-19(18-20)14-6-4-2/h15,17-18H,3-14,16H2,1-2H3. The molecule has 0 bridgehead atoms. The summed E-state index contributed by atoms with van der Waals surface area (Å²) in [5.41, 5.74) is 1.52. The molecule has 0 radical (unpaired) electrons. The molecule has 0 saturated heterocycles. The number of unbranched alkanes of at least 4 members (excludes halogenated alkanes) is 9. The van der Waals surface area contributed by atoms with Crippen molar-refractivity contribution < 1.29 is 0 Å². The molecular weight excluding hydrogens is 242 g/mol. The van der Waals surface area contributed by atoms with Crippen LogP contribution < -0.4 is 0 Å². The van der Waals surface area contributed by atoms with Crippen LogP contribution in [0.1, 0.15) is 90.0 Å². The van der Waals surface area contributed by atoms with Gasteiger partial charge in [0.2, 0.25) is 0 Å². The Morgan fingerprint density at radius 2 is 1.35 bits per heavy atom. The summed E-state index contributed by atoms with van der Waals surface area (Å²) in [4.78, 5) is 0. The van der Waals surface area contributed by atoms with E-state index in [0.29, 0.717) is 0 Å². The van der Waals surface area contributed by atoms with E-state index in [1.54, 1.807) is 0 Å². The highest BCUT2D eigenvalue weighted by atomic mass is 14.9. The number of hydrogen-bond donors (Lipinski definition) is 0. The molecule has 0 aliphatic heterocycles. The Morgan fingerprint density at radius 1 is 0.750 bits per heavy atom. The first-order valence-electron chi connectivity index (χ1n) is 9.01. The lowest BCUT2D eigenvalue weighted by atomic mass is 10.1. The average molecular weight is 277 g/mol. The fourth-order valence-electron chi connectivity index (χ4n) is 2.76. The lowest BCUT2D eigenvalue weighted by Gasteiger charge is -2.04. The van der Waals surface area contributed by atoms with Crippen LogP contribution in [0, 0.1) is 0 Å². The monoisotopic (exact) mass is 277 g/mol.